The van der Waals surface area contributed by atoms with Crippen LogP contribution in [0.1, 0.15) is 31.7 Å². The van der Waals surface area contributed by atoms with Crippen LogP contribution in [0.2, 0.25) is 0 Å². The Morgan fingerprint density at radius 1 is 1.09 bits per heavy atom. The number of benzene rings is 2. The molecule has 0 aromatic heterocycles. The predicted molar refractivity (Wildman–Crippen MR) is 82.8 cm³/mol. The maximum atomic E-state index is 11.6. The number of aromatic hydroxyl groups is 3. The third kappa shape index (κ3) is 1.89. The Balaban J connectivity index is 2.58. The second kappa shape index (κ2) is 4.94. The molecular formula is C17H16O5. The van der Waals surface area contributed by atoms with Crippen LogP contribution in [0.3, 0.4) is 0 Å². The number of fused-ring (bicyclic) bond motifs is 2. The fraction of sp³-hybridized carbons (Fsp3) is 0.235. The smallest absolute Gasteiger partial charge is 0.224 e. The lowest BCUT2D eigenvalue weighted by atomic mass is 9.88. The van der Waals surface area contributed by atoms with E-state index in [1.807, 2.05) is 13.8 Å². The first kappa shape index (κ1) is 14.3. The summed E-state index contributed by atoms with van der Waals surface area (Å²) in [6, 6.07) is 5.97. The fourth-order valence-electron chi connectivity index (χ4n) is 2.73. The molecule has 2 aliphatic rings. The summed E-state index contributed by atoms with van der Waals surface area (Å²) in [6.07, 6.45) is 0.829. The minimum Gasteiger partial charge on any atom is -0.504 e. The van der Waals surface area contributed by atoms with E-state index in [1.165, 1.54) is 12.1 Å². The molecule has 0 spiro atoms. The molecule has 5 nitrogen and oxygen atoms in total. The molecular weight excluding hydrogens is 284 g/mol. The Bertz CT molecular complexity index is 894. The van der Waals surface area contributed by atoms with Gasteiger partial charge in [0.25, 0.3) is 0 Å². The predicted octanol–water partition coefficient (Wildman–Crippen LogP) is 3.53. The maximum absolute atomic E-state index is 11.6. The number of phenols is 3. The van der Waals surface area contributed by atoms with E-state index in [1.54, 1.807) is 12.1 Å². The van der Waals surface area contributed by atoms with Gasteiger partial charge >= 0.3 is 0 Å². The molecule has 0 bridgehead atoms. The van der Waals surface area contributed by atoms with E-state index in [4.69, 9.17) is 4.42 Å². The molecule has 1 aliphatic heterocycles. The van der Waals surface area contributed by atoms with Crippen LogP contribution in [0, 0.1) is 0 Å². The van der Waals surface area contributed by atoms with Gasteiger partial charge in [-0.3, -0.25) is 4.79 Å². The van der Waals surface area contributed by atoms with Gasteiger partial charge in [-0.05, 0) is 42.2 Å². The van der Waals surface area contributed by atoms with Gasteiger partial charge in [-0.1, -0.05) is 13.8 Å². The van der Waals surface area contributed by atoms with Crippen LogP contribution in [0.5, 0.6) is 17.2 Å². The zero-order valence-corrected chi connectivity index (χ0v) is 12.3. The Hall–Kier alpha value is -2.69. The largest absolute Gasteiger partial charge is 0.504 e. The molecule has 0 radical (unpaired) electrons. The highest BCUT2D eigenvalue weighted by molar-refractivity contribution is 5.94. The van der Waals surface area contributed by atoms with Gasteiger partial charge in [0, 0.05) is 10.9 Å². The standard InChI is InChI=1S/C17H16O5/c1-3-8(2)13-9-4-6-11(18)14(20)16(9)22-17-10(13)5-7-12(19)15(17)21/h4-8,18,20-21H,3H2,1-2H3. The first-order valence-electron chi connectivity index (χ1n) is 7.09. The number of hydrogen-bond acceptors (Lipinski definition) is 5. The van der Waals surface area contributed by atoms with Gasteiger partial charge in [0.1, 0.15) is 0 Å². The number of hydrogen-bond donors (Lipinski definition) is 3. The summed E-state index contributed by atoms with van der Waals surface area (Å²) in [5.74, 6) is -1.08. The van der Waals surface area contributed by atoms with E-state index in [2.05, 4.69) is 0 Å². The SMILES string of the molecule is CCC(C)c1c2ccc(=O)c(O)c-2oc2c(O)c(O)ccc12. The van der Waals surface area contributed by atoms with Crippen LogP contribution >= 0.6 is 0 Å². The third-order valence-electron chi connectivity index (χ3n) is 4.09. The molecule has 0 fully saturated rings. The highest BCUT2D eigenvalue weighted by atomic mass is 16.4. The first-order valence-corrected chi connectivity index (χ1v) is 7.09. The van der Waals surface area contributed by atoms with Crippen molar-refractivity contribution in [2.45, 2.75) is 26.2 Å². The van der Waals surface area contributed by atoms with E-state index < -0.39 is 16.9 Å². The summed E-state index contributed by atoms with van der Waals surface area (Å²) >= 11 is 0. The molecule has 22 heavy (non-hydrogen) atoms. The van der Waals surface area contributed by atoms with Gasteiger partial charge in [0.15, 0.2) is 17.1 Å². The molecule has 1 aliphatic carbocycles. The molecule has 0 saturated carbocycles. The molecule has 5 heteroatoms. The molecule has 3 N–H and O–H groups in total. The van der Waals surface area contributed by atoms with Crippen LogP contribution in [0.25, 0.3) is 22.3 Å². The quantitative estimate of drug-likeness (QED) is 0.497. The summed E-state index contributed by atoms with van der Waals surface area (Å²) in [6.45, 7) is 4.04. The van der Waals surface area contributed by atoms with Gasteiger partial charge < -0.3 is 19.7 Å². The summed E-state index contributed by atoms with van der Waals surface area (Å²) in [5, 5.41) is 30.4. The van der Waals surface area contributed by atoms with Gasteiger partial charge in [0.2, 0.25) is 16.9 Å². The Morgan fingerprint density at radius 3 is 2.50 bits per heavy atom. The molecule has 1 unspecified atom stereocenters. The average molecular weight is 300 g/mol. The number of rotatable bonds is 2. The van der Waals surface area contributed by atoms with Crippen molar-refractivity contribution in [3.05, 3.63) is 40.1 Å². The molecule has 1 aromatic rings. The fourth-order valence-corrected chi connectivity index (χ4v) is 2.73. The van der Waals surface area contributed by atoms with E-state index in [0.29, 0.717) is 10.9 Å². The monoisotopic (exact) mass is 300 g/mol. The lowest BCUT2D eigenvalue weighted by molar-refractivity contribution is 0.397. The van der Waals surface area contributed by atoms with E-state index in [9.17, 15) is 20.1 Å². The highest BCUT2D eigenvalue weighted by Crippen LogP contribution is 2.45. The molecule has 0 saturated heterocycles. The Kier molecular flexibility index (Phi) is 3.20. The van der Waals surface area contributed by atoms with Gasteiger partial charge in [-0.2, -0.15) is 0 Å². The second-order valence-electron chi connectivity index (χ2n) is 5.42. The third-order valence-corrected chi connectivity index (χ3v) is 4.09. The van der Waals surface area contributed by atoms with Gasteiger partial charge in [-0.25, -0.2) is 0 Å². The minimum absolute atomic E-state index is 0.0243. The average Bonchev–Trinajstić information content (AvgIpc) is 2.52. The highest BCUT2D eigenvalue weighted by Gasteiger charge is 2.24. The van der Waals surface area contributed by atoms with E-state index in [0.717, 1.165) is 12.0 Å². The van der Waals surface area contributed by atoms with Crippen molar-refractivity contribution in [1.82, 2.24) is 0 Å². The van der Waals surface area contributed by atoms with E-state index >= 15 is 0 Å². The van der Waals surface area contributed by atoms with Crippen molar-refractivity contribution >= 4 is 11.0 Å². The maximum Gasteiger partial charge on any atom is 0.224 e. The second-order valence-corrected chi connectivity index (χ2v) is 5.42. The summed E-state index contributed by atoms with van der Waals surface area (Å²) < 4.78 is 5.54. The van der Waals surface area contributed by atoms with Crippen molar-refractivity contribution in [2.24, 2.45) is 0 Å². The number of phenolic OH excluding ortho intramolecular Hbond substituents is 3. The lowest BCUT2D eigenvalue weighted by Crippen LogP contribution is -2.05. The van der Waals surface area contributed by atoms with Crippen LogP contribution < -0.4 is 5.43 Å². The first-order chi connectivity index (χ1) is 10.5. The van der Waals surface area contributed by atoms with Crippen molar-refractivity contribution in [1.29, 1.82) is 0 Å². The molecule has 3 rings (SSSR count). The minimum atomic E-state index is -0.551. The van der Waals surface area contributed by atoms with Crippen molar-refractivity contribution in [2.75, 3.05) is 0 Å². The lowest BCUT2D eigenvalue weighted by Gasteiger charge is -2.20. The van der Waals surface area contributed by atoms with Crippen LogP contribution in [-0.4, -0.2) is 15.3 Å². The zero-order chi connectivity index (χ0) is 16.0. The Morgan fingerprint density at radius 2 is 1.82 bits per heavy atom. The van der Waals surface area contributed by atoms with Gasteiger partial charge in [-0.15, -0.1) is 0 Å². The Labute approximate surface area is 126 Å². The van der Waals surface area contributed by atoms with Crippen molar-refractivity contribution < 1.29 is 19.7 Å². The van der Waals surface area contributed by atoms with Crippen molar-refractivity contribution in [3.8, 4) is 28.6 Å². The summed E-state index contributed by atoms with van der Waals surface area (Å²) in [7, 11) is 0. The molecule has 1 aromatic carbocycles. The normalized spacial score (nSPS) is 12.8. The van der Waals surface area contributed by atoms with Crippen LogP contribution in [-0.2, 0) is 0 Å². The summed E-state index contributed by atoms with van der Waals surface area (Å²) in [5.41, 5.74) is 1.00. The van der Waals surface area contributed by atoms with E-state index in [-0.39, 0.29) is 23.0 Å². The van der Waals surface area contributed by atoms with Gasteiger partial charge in [0.05, 0.1) is 0 Å². The van der Waals surface area contributed by atoms with Crippen molar-refractivity contribution in [3.63, 3.8) is 0 Å². The van der Waals surface area contributed by atoms with Crippen LogP contribution in [0.4, 0.5) is 0 Å². The molecule has 0 amide bonds. The molecule has 114 valence electrons. The topological polar surface area (TPSA) is 90.9 Å². The van der Waals surface area contributed by atoms with Crippen LogP contribution in [0.15, 0.2) is 33.5 Å². The molecule has 1 atom stereocenters. The molecule has 1 heterocycles. The summed E-state index contributed by atoms with van der Waals surface area (Å²) in [4.78, 5) is 11.6. The zero-order valence-electron chi connectivity index (χ0n) is 12.3.